The van der Waals surface area contributed by atoms with Crippen molar-refractivity contribution in [3.05, 3.63) is 0 Å². The summed E-state index contributed by atoms with van der Waals surface area (Å²) in [6, 6.07) is 0.133. The van der Waals surface area contributed by atoms with E-state index in [1.54, 1.807) is 0 Å². The van der Waals surface area contributed by atoms with Crippen molar-refractivity contribution in [1.82, 2.24) is 5.32 Å². The Balaban J connectivity index is 2.24. The van der Waals surface area contributed by atoms with E-state index in [9.17, 15) is 9.59 Å². The first-order valence-corrected chi connectivity index (χ1v) is 6.59. The lowest BCUT2D eigenvalue weighted by atomic mass is 9.86. The maximum Gasteiger partial charge on any atom is 0.306 e. The first-order valence-electron chi connectivity index (χ1n) is 6.59. The summed E-state index contributed by atoms with van der Waals surface area (Å²) >= 11 is 0. The number of carbonyl (C=O) groups is 2. The van der Waals surface area contributed by atoms with Crippen LogP contribution in [0, 0.1) is 5.92 Å². The molecule has 1 amide bonds. The molecule has 0 heterocycles. The van der Waals surface area contributed by atoms with Crippen molar-refractivity contribution >= 4 is 11.9 Å². The maximum absolute atomic E-state index is 11.7. The molecule has 18 heavy (non-hydrogen) atoms. The van der Waals surface area contributed by atoms with Crippen LogP contribution in [0.5, 0.6) is 0 Å². The van der Waals surface area contributed by atoms with Crippen LogP contribution in [0.3, 0.4) is 0 Å². The van der Waals surface area contributed by atoms with Gasteiger partial charge >= 0.3 is 5.97 Å². The predicted molar refractivity (Wildman–Crippen MR) is 69.0 cm³/mol. The van der Waals surface area contributed by atoms with Crippen molar-refractivity contribution in [2.75, 3.05) is 0 Å². The van der Waals surface area contributed by atoms with Gasteiger partial charge in [-0.25, -0.2) is 0 Å². The minimum absolute atomic E-state index is 0.0206. The van der Waals surface area contributed by atoms with E-state index in [0.29, 0.717) is 25.7 Å². The maximum atomic E-state index is 11.7. The average Bonchev–Trinajstić information content (AvgIpc) is 2.26. The van der Waals surface area contributed by atoms with E-state index < -0.39 is 5.97 Å². The minimum Gasteiger partial charge on any atom is -0.481 e. The molecule has 0 aromatic rings. The molecular formula is C13H24N2O3. The van der Waals surface area contributed by atoms with Crippen LogP contribution in [0.25, 0.3) is 0 Å². The third-order valence-electron chi connectivity index (χ3n) is 3.44. The second-order valence-electron chi connectivity index (χ2n) is 5.94. The molecule has 0 bridgehead atoms. The van der Waals surface area contributed by atoms with Gasteiger partial charge in [0.1, 0.15) is 0 Å². The summed E-state index contributed by atoms with van der Waals surface area (Å²) in [6.07, 6.45) is 3.92. The molecule has 0 aliphatic heterocycles. The van der Waals surface area contributed by atoms with Crippen LogP contribution >= 0.6 is 0 Å². The molecule has 5 nitrogen and oxygen atoms in total. The number of carboxylic acids is 1. The summed E-state index contributed by atoms with van der Waals surface area (Å²) in [7, 11) is 0. The molecule has 4 N–H and O–H groups in total. The number of nitrogens with two attached hydrogens (primary N) is 1. The highest BCUT2D eigenvalue weighted by Crippen LogP contribution is 2.24. The molecule has 1 saturated carbocycles. The minimum atomic E-state index is -0.718. The number of aliphatic carboxylic acids is 1. The molecule has 5 heteroatoms. The van der Waals surface area contributed by atoms with Gasteiger partial charge in [-0.3, -0.25) is 9.59 Å². The highest BCUT2D eigenvalue weighted by molar-refractivity contribution is 5.76. The van der Waals surface area contributed by atoms with Gasteiger partial charge in [-0.1, -0.05) is 0 Å². The standard InChI is InChI=1S/C13H24N2O3/c1-13(2,14)8-7-11(16)15-10-5-3-9(4-6-10)12(17)18/h9-10H,3-8,14H2,1-2H3,(H,15,16)(H,17,18). The highest BCUT2D eigenvalue weighted by Gasteiger charge is 2.26. The fraction of sp³-hybridized carbons (Fsp3) is 0.846. The normalized spacial score (nSPS) is 24.6. The Kier molecular flexibility index (Phi) is 5.14. The fourth-order valence-corrected chi connectivity index (χ4v) is 2.22. The predicted octanol–water partition coefficient (Wildman–Crippen LogP) is 1.26. The number of rotatable bonds is 5. The zero-order valence-corrected chi connectivity index (χ0v) is 11.2. The van der Waals surface area contributed by atoms with Gasteiger partial charge in [0.15, 0.2) is 0 Å². The topological polar surface area (TPSA) is 92.4 Å². The number of carbonyl (C=O) groups excluding carboxylic acids is 1. The Morgan fingerprint density at radius 3 is 2.28 bits per heavy atom. The summed E-state index contributed by atoms with van der Waals surface area (Å²) in [4.78, 5) is 22.5. The van der Waals surface area contributed by atoms with Crippen molar-refractivity contribution in [1.29, 1.82) is 0 Å². The van der Waals surface area contributed by atoms with Crippen LogP contribution in [0.1, 0.15) is 52.4 Å². The molecule has 0 aromatic heterocycles. The van der Waals surface area contributed by atoms with Crippen molar-refractivity contribution < 1.29 is 14.7 Å². The first kappa shape index (κ1) is 15.0. The number of amides is 1. The molecule has 0 atom stereocenters. The molecule has 104 valence electrons. The van der Waals surface area contributed by atoms with Gasteiger partial charge in [0.05, 0.1) is 5.92 Å². The third-order valence-corrected chi connectivity index (χ3v) is 3.44. The average molecular weight is 256 g/mol. The zero-order valence-electron chi connectivity index (χ0n) is 11.2. The first-order chi connectivity index (χ1) is 8.28. The largest absolute Gasteiger partial charge is 0.481 e. The van der Waals surface area contributed by atoms with Gasteiger partial charge < -0.3 is 16.2 Å². The van der Waals surface area contributed by atoms with E-state index in [1.165, 1.54) is 0 Å². The van der Waals surface area contributed by atoms with Crippen molar-refractivity contribution in [2.45, 2.75) is 64.0 Å². The highest BCUT2D eigenvalue weighted by atomic mass is 16.4. The molecule has 1 aliphatic carbocycles. The van der Waals surface area contributed by atoms with Crippen LogP contribution in [0.4, 0.5) is 0 Å². The molecule has 0 aromatic carbocycles. The Morgan fingerprint density at radius 2 is 1.83 bits per heavy atom. The summed E-state index contributed by atoms with van der Waals surface area (Å²) in [6.45, 7) is 3.80. The third kappa shape index (κ3) is 5.49. The van der Waals surface area contributed by atoms with Crippen LogP contribution in [-0.2, 0) is 9.59 Å². The second-order valence-corrected chi connectivity index (χ2v) is 5.94. The van der Waals surface area contributed by atoms with E-state index in [4.69, 9.17) is 10.8 Å². The number of nitrogens with one attached hydrogen (secondary N) is 1. The molecule has 1 rings (SSSR count). The van der Waals surface area contributed by atoms with E-state index in [0.717, 1.165) is 12.8 Å². The zero-order chi connectivity index (χ0) is 13.8. The van der Waals surface area contributed by atoms with Crippen LogP contribution < -0.4 is 11.1 Å². The SMILES string of the molecule is CC(C)(N)CCC(=O)NC1CCC(C(=O)O)CC1. The van der Waals surface area contributed by atoms with E-state index in [1.807, 2.05) is 13.8 Å². The quantitative estimate of drug-likeness (QED) is 0.690. The molecule has 1 aliphatic rings. The lowest BCUT2D eigenvalue weighted by molar-refractivity contribution is -0.142. The van der Waals surface area contributed by atoms with E-state index in [2.05, 4.69) is 5.32 Å². The Bertz CT molecular complexity index is 302. The second kappa shape index (κ2) is 6.18. The number of hydrogen-bond acceptors (Lipinski definition) is 3. The number of hydrogen-bond donors (Lipinski definition) is 3. The molecule has 0 radical (unpaired) electrons. The van der Waals surface area contributed by atoms with E-state index in [-0.39, 0.29) is 23.4 Å². The molecule has 0 saturated heterocycles. The van der Waals surface area contributed by atoms with Gasteiger partial charge in [0.2, 0.25) is 5.91 Å². The molecule has 1 fully saturated rings. The number of carboxylic acid groups (broad SMARTS) is 1. The Morgan fingerprint density at radius 1 is 1.28 bits per heavy atom. The van der Waals surface area contributed by atoms with E-state index >= 15 is 0 Å². The van der Waals surface area contributed by atoms with Crippen LogP contribution in [0.15, 0.2) is 0 Å². The summed E-state index contributed by atoms with van der Waals surface area (Å²) in [5.74, 6) is -0.932. The molecule has 0 unspecified atom stereocenters. The summed E-state index contributed by atoms with van der Waals surface area (Å²) < 4.78 is 0. The molecule has 0 spiro atoms. The van der Waals surface area contributed by atoms with Gasteiger partial charge in [-0.2, -0.15) is 0 Å². The lowest BCUT2D eigenvalue weighted by Gasteiger charge is -2.27. The van der Waals surface area contributed by atoms with Gasteiger partial charge in [-0.15, -0.1) is 0 Å². The van der Waals surface area contributed by atoms with Crippen LogP contribution in [0.2, 0.25) is 0 Å². The van der Waals surface area contributed by atoms with Gasteiger partial charge in [0, 0.05) is 18.0 Å². The molecular weight excluding hydrogens is 232 g/mol. The monoisotopic (exact) mass is 256 g/mol. The summed E-state index contributed by atoms with van der Waals surface area (Å²) in [5.41, 5.74) is 5.50. The van der Waals surface area contributed by atoms with Crippen molar-refractivity contribution in [3.8, 4) is 0 Å². The van der Waals surface area contributed by atoms with Crippen molar-refractivity contribution in [2.24, 2.45) is 11.7 Å². The Hall–Kier alpha value is -1.10. The van der Waals surface area contributed by atoms with Gasteiger partial charge in [0.25, 0.3) is 0 Å². The smallest absolute Gasteiger partial charge is 0.306 e. The lowest BCUT2D eigenvalue weighted by Crippen LogP contribution is -2.40. The van der Waals surface area contributed by atoms with Gasteiger partial charge in [-0.05, 0) is 46.0 Å². The Labute approximate surface area is 108 Å². The van der Waals surface area contributed by atoms with Crippen LogP contribution in [-0.4, -0.2) is 28.6 Å². The summed E-state index contributed by atoms with van der Waals surface area (Å²) in [5, 5.41) is 11.8. The van der Waals surface area contributed by atoms with Crippen molar-refractivity contribution in [3.63, 3.8) is 0 Å². The fourth-order valence-electron chi connectivity index (χ4n) is 2.22.